The van der Waals surface area contributed by atoms with E-state index < -0.39 is 52.4 Å². The number of hydrogen-bond donors (Lipinski definition) is 5. The molecule has 1 aliphatic heterocycles. The number of hydrogen-bond acceptors (Lipinski definition) is 7. The second kappa shape index (κ2) is 15.9. The van der Waals surface area contributed by atoms with E-state index in [2.05, 4.69) is 21.9 Å². The smallest absolute Gasteiger partial charge is 0.280 e. The molecule has 0 aromatic carbocycles. The molecule has 11 nitrogen and oxygen atoms in total. The fourth-order valence-corrected chi connectivity index (χ4v) is 6.41. The highest BCUT2D eigenvalue weighted by Gasteiger charge is 2.34. The summed E-state index contributed by atoms with van der Waals surface area (Å²) in [5.41, 5.74) is 0. The molecule has 0 aromatic heterocycles. The Kier molecular flexibility index (Phi) is 13.6. The van der Waals surface area contributed by atoms with E-state index in [4.69, 9.17) is 4.74 Å². The van der Waals surface area contributed by atoms with Gasteiger partial charge in [-0.15, -0.1) is 6.58 Å². The molecule has 2 aliphatic rings. The summed E-state index contributed by atoms with van der Waals surface area (Å²) in [7, 11) is -3.90. The predicted molar refractivity (Wildman–Crippen MR) is 145 cm³/mol. The highest BCUT2D eigenvalue weighted by molar-refractivity contribution is 7.87. The van der Waals surface area contributed by atoms with Crippen molar-refractivity contribution in [2.75, 3.05) is 26.3 Å². The number of carbonyl (C=O) groups excluding carboxylic acids is 2. The first kappa shape index (κ1) is 32.6. The van der Waals surface area contributed by atoms with Crippen molar-refractivity contribution in [1.82, 2.24) is 19.7 Å². The molecule has 12 heteroatoms. The summed E-state index contributed by atoms with van der Waals surface area (Å²) in [6, 6.07) is -2.82. The third-order valence-electron chi connectivity index (χ3n) is 7.22. The Labute approximate surface area is 227 Å². The van der Waals surface area contributed by atoms with Gasteiger partial charge < -0.3 is 25.6 Å². The minimum atomic E-state index is -3.90. The van der Waals surface area contributed by atoms with Crippen LogP contribution in [0.15, 0.2) is 12.7 Å². The number of nitrogens with zero attached hydrogens (tertiary/aromatic N) is 1. The van der Waals surface area contributed by atoms with Gasteiger partial charge in [-0.05, 0) is 38.0 Å². The van der Waals surface area contributed by atoms with Crippen LogP contribution in [0.5, 0.6) is 0 Å². The van der Waals surface area contributed by atoms with E-state index in [0.717, 1.165) is 25.7 Å². The Balaban J connectivity index is 2.07. The van der Waals surface area contributed by atoms with Crippen molar-refractivity contribution >= 4 is 22.0 Å². The van der Waals surface area contributed by atoms with Crippen LogP contribution in [0.25, 0.3) is 0 Å². The van der Waals surface area contributed by atoms with Gasteiger partial charge in [-0.2, -0.15) is 17.4 Å². The second-order valence-corrected chi connectivity index (χ2v) is 12.7. The van der Waals surface area contributed by atoms with Crippen LogP contribution >= 0.6 is 0 Å². The van der Waals surface area contributed by atoms with Gasteiger partial charge in [-0.3, -0.25) is 9.59 Å². The van der Waals surface area contributed by atoms with Gasteiger partial charge in [0.25, 0.3) is 10.2 Å². The maximum atomic E-state index is 13.3. The number of nitrogens with one attached hydrogen (secondary N) is 3. The number of rotatable bonds is 15. The van der Waals surface area contributed by atoms with E-state index in [9.17, 15) is 28.2 Å². The predicted octanol–water partition coefficient (Wildman–Crippen LogP) is 0.826. The Morgan fingerprint density at radius 2 is 1.68 bits per heavy atom. The van der Waals surface area contributed by atoms with Crippen molar-refractivity contribution in [3.63, 3.8) is 0 Å². The fourth-order valence-electron chi connectivity index (χ4n) is 5.07. The topological polar surface area (TPSA) is 157 Å². The van der Waals surface area contributed by atoms with Gasteiger partial charge >= 0.3 is 0 Å². The zero-order chi connectivity index (χ0) is 28.3. The van der Waals surface area contributed by atoms with Gasteiger partial charge in [-0.1, -0.05) is 52.0 Å². The minimum absolute atomic E-state index is 0.112. The number of ether oxygens (including phenoxy) is 1. The Bertz CT molecular complexity index is 858. The van der Waals surface area contributed by atoms with Crippen LogP contribution in [-0.2, 0) is 24.5 Å². The SMILES string of the molecule is C=CC[C@H](NC(=O)[C@H](C)NS(=O)(=O)N1CCOCC1)C(=O)N[C@@H](CC1CCCCC1)[C@@H](O)[C@@H](O)CC(C)C. The number of carbonyl (C=O) groups is 2. The van der Waals surface area contributed by atoms with E-state index in [-0.39, 0.29) is 38.6 Å². The zero-order valence-corrected chi connectivity index (χ0v) is 23.9. The van der Waals surface area contributed by atoms with Crippen LogP contribution in [-0.4, -0.2) is 91.4 Å². The van der Waals surface area contributed by atoms with Gasteiger partial charge in [0.2, 0.25) is 11.8 Å². The van der Waals surface area contributed by atoms with Gasteiger partial charge in [0, 0.05) is 13.1 Å². The molecule has 0 aromatic rings. The van der Waals surface area contributed by atoms with Crippen LogP contribution in [0.2, 0.25) is 0 Å². The first-order valence-electron chi connectivity index (χ1n) is 13.9. The lowest BCUT2D eigenvalue weighted by atomic mass is 9.82. The van der Waals surface area contributed by atoms with Crippen LogP contribution in [0.4, 0.5) is 0 Å². The summed E-state index contributed by atoms with van der Waals surface area (Å²) in [5.74, 6) is -0.677. The first-order valence-corrected chi connectivity index (χ1v) is 15.3. The lowest BCUT2D eigenvalue weighted by molar-refractivity contribution is -0.131. The molecule has 0 spiro atoms. The standard InChI is InChI=1S/C26H48N4O7S/c1-5-9-21(27-25(33)19(4)29-38(35,36)30-12-14-37-15-13-30)26(34)28-22(17-20-10-7-6-8-11-20)24(32)23(31)16-18(2)3/h5,18-24,29,31-32H,1,6-17H2,2-4H3,(H,27,33)(H,28,34)/t19-,21-,22-,23-,24+/m0/s1. The van der Waals surface area contributed by atoms with Crippen molar-refractivity contribution in [2.45, 2.75) is 102 Å². The van der Waals surface area contributed by atoms with E-state index in [0.29, 0.717) is 18.8 Å². The lowest BCUT2D eigenvalue weighted by Gasteiger charge is -2.33. The molecule has 2 fully saturated rings. The molecule has 1 heterocycles. The van der Waals surface area contributed by atoms with Gasteiger partial charge in [0.1, 0.15) is 12.1 Å². The Hall–Kier alpha value is -1.57. The molecular formula is C26H48N4O7S. The van der Waals surface area contributed by atoms with Gasteiger partial charge in [0.15, 0.2) is 0 Å². The zero-order valence-electron chi connectivity index (χ0n) is 23.1. The highest BCUT2D eigenvalue weighted by Crippen LogP contribution is 2.29. The van der Waals surface area contributed by atoms with E-state index in [1.54, 1.807) is 0 Å². The van der Waals surface area contributed by atoms with Crippen molar-refractivity contribution < 1.29 is 33.0 Å². The molecule has 1 saturated heterocycles. The highest BCUT2D eigenvalue weighted by atomic mass is 32.2. The molecule has 5 atom stereocenters. The molecule has 1 saturated carbocycles. The van der Waals surface area contributed by atoms with Crippen molar-refractivity contribution in [1.29, 1.82) is 0 Å². The average molecular weight is 561 g/mol. The van der Waals surface area contributed by atoms with Crippen LogP contribution in [0, 0.1) is 11.8 Å². The molecule has 0 bridgehead atoms. The Morgan fingerprint density at radius 1 is 1.05 bits per heavy atom. The molecule has 220 valence electrons. The fraction of sp³-hybridized carbons (Fsp3) is 0.846. The third-order valence-corrected chi connectivity index (χ3v) is 8.92. The van der Waals surface area contributed by atoms with Crippen LogP contribution < -0.4 is 15.4 Å². The molecule has 38 heavy (non-hydrogen) atoms. The largest absolute Gasteiger partial charge is 0.390 e. The quantitative estimate of drug-likeness (QED) is 0.186. The second-order valence-electron chi connectivity index (χ2n) is 11.0. The molecule has 1 aliphatic carbocycles. The maximum absolute atomic E-state index is 13.3. The molecule has 0 radical (unpaired) electrons. The summed E-state index contributed by atoms with van der Waals surface area (Å²) < 4.78 is 34.0. The van der Waals surface area contributed by atoms with E-state index >= 15 is 0 Å². The molecule has 0 unspecified atom stereocenters. The lowest BCUT2D eigenvalue weighted by Crippen LogP contribution is -2.58. The van der Waals surface area contributed by atoms with Crippen molar-refractivity contribution in [3.05, 3.63) is 12.7 Å². The van der Waals surface area contributed by atoms with Gasteiger partial charge in [-0.25, -0.2) is 0 Å². The number of morpholine rings is 1. The molecule has 2 amide bonds. The minimum Gasteiger partial charge on any atom is -0.390 e. The third kappa shape index (κ3) is 10.5. The number of aliphatic hydroxyl groups excluding tert-OH is 2. The summed E-state index contributed by atoms with van der Waals surface area (Å²) in [6.45, 7) is 9.94. The summed E-state index contributed by atoms with van der Waals surface area (Å²) in [5, 5.41) is 27.1. The normalized spacial score (nSPS) is 21.7. The van der Waals surface area contributed by atoms with E-state index in [1.807, 2.05) is 13.8 Å². The first-order chi connectivity index (χ1) is 17.9. The summed E-state index contributed by atoms with van der Waals surface area (Å²) in [4.78, 5) is 26.2. The molecular weight excluding hydrogens is 512 g/mol. The average Bonchev–Trinajstić information content (AvgIpc) is 2.88. The Morgan fingerprint density at radius 3 is 2.26 bits per heavy atom. The number of amides is 2. The summed E-state index contributed by atoms with van der Waals surface area (Å²) in [6.07, 6.45) is 5.78. The van der Waals surface area contributed by atoms with E-state index in [1.165, 1.54) is 23.7 Å². The van der Waals surface area contributed by atoms with Crippen molar-refractivity contribution in [3.8, 4) is 0 Å². The van der Waals surface area contributed by atoms with Crippen LogP contribution in [0.1, 0.15) is 72.1 Å². The summed E-state index contributed by atoms with van der Waals surface area (Å²) >= 11 is 0. The van der Waals surface area contributed by atoms with Gasteiger partial charge in [0.05, 0.1) is 31.4 Å². The molecule has 2 rings (SSSR count). The number of aliphatic hydroxyl groups is 2. The van der Waals surface area contributed by atoms with Crippen LogP contribution in [0.3, 0.4) is 0 Å². The monoisotopic (exact) mass is 560 g/mol. The maximum Gasteiger partial charge on any atom is 0.280 e. The van der Waals surface area contributed by atoms with Crippen molar-refractivity contribution in [2.24, 2.45) is 11.8 Å². The molecule has 5 N–H and O–H groups in total.